The Morgan fingerprint density at radius 1 is 1.28 bits per heavy atom. The minimum atomic E-state index is -0.838. The average molecular weight is 352 g/mol. The maximum absolute atomic E-state index is 12.6. The van der Waals surface area contributed by atoms with Crippen LogP contribution < -0.4 is 10.1 Å². The van der Waals surface area contributed by atoms with E-state index in [9.17, 15) is 4.79 Å². The number of rotatable bonds is 12. The van der Waals surface area contributed by atoms with Crippen LogP contribution in [0.1, 0.15) is 52.0 Å². The van der Waals surface area contributed by atoms with Gasteiger partial charge in [-0.1, -0.05) is 26.2 Å². The molecule has 6 heteroatoms. The highest BCUT2D eigenvalue weighted by atomic mass is 16.5. The van der Waals surface area contributed by atoms with Gasteiger partial charge in [0.1, 0.15) is 12.2 Å². The van der Waals surface area contributed by atoms with Crippen LogP contribution >= 0.6 is 0 Å². The standard InChI is InChI=1S/C19H32N2O4/c1-6-8-9-10-19(4,23-5)18(22)21-16-13-15(3)17(20-14-16)25-12-11-24-7-2/h13-14H,6-12H2,1-5H3,(H,21,22). The van der Waals surface area contributed by atoms with Gasteiger partial charge in [-0.05, 0) is 33.3 Å². The summed E-state index contributed by atoms with van der Waals surface area (Å²) in [6.07, 6.45) is 5.44. The van der Waals surface area contributed by atoms with Crippen LogP contribution in [0.2, 0.25) is 0 Å². The number of ether oxygens (including phenoxy) is 3. The van der Waals surface area contributed by atoms with Crippen molar-refractivity contribution >= 4 is 11.6 Å². The second kappa shape index (κ2) is 11.1. The Bertz CT molecular complexity index is 536. The minimum absolute atomic E-state index is 0.155. The monoisotopic (exact) mass is 352 g/mol. The molecule has 1 rings (SSSR count). The molecule has 0 aliphatic heterocycles. The van der Waals surface area contributed by atoms with E-state index in [0.29, 0.717) is 37.8 Å². The zero-order valence-electron chi connectivity index (χ0n) is 16.2. The second-order valence-corrected chi connectivity index (χ2v) is 6.24. The van der Waals surface area contributed by atoms with E-state index >= 15 is 0 Å². The summed E-state index contributed by atoms with van der Waals surface area (Å²) in [5.41, 5.74) is 0.660. The maximum Gasteiger partial charge on any atom is 0.256 e. The molecule has 0 aliphatic carbocycles. The highest BCUT2D eigenvalue weighted by Crippen LogP contribution is 2.23. The Labute approximate surface area is 151 Å². The molecule has 0 fully saturated rings. The molecule has 0 aliphatic rings. The van der Waals surface area contributed by atoms with E-state index in [1.165, 1.54) is 0 Å². The van der Waals surface area contributed by atoms with Crippen molar-refractivity contribution in [1.82, 2.24) is 4.98 Å². The molecule has 25 heavy (non-hydrogen) atoms. The average Bonchev–Trinajstić information content (AvgIpc) is 2.60. The number of nitrogens with zero attached hydrogens (tertiary/aromatic N) is 1. The summed E-state index contributed by atoms with van der Waals surface area (Å²) < 4.78 is 16.3. The van der Waals surface area contributed by atoms with Gasteiger partial charge in [-0.15, -0.1) is 0 Å². The third-order valence-corrected chi connectivity index (χ3v) is 4.15. The highest BCUT2D eigenvalue weighted by molar-refractivity contribution is 5.97. The molecular formula is C19H32N2O4. The molecule has 0 radical (unpaired) electrons. The topological polar surface area (TPSA) is 69.7 Å². The quantitative estimate of drug-likeness (QED) is 0.581. The zero-order chi connectivity index (χ0) is 18.7. The number of hydrogen-bond donors (Lipinski definition) is 1. The van der Waals surface area contributed by atoms with Crippen LogP contribution in [0.5, 0.6) is 5.88 Å². The van der Waals surface area contributed by atoms with Crippen LogP contribution in [0, 0.1) is 6.92 Å². The van der Waals surface area contributed by atoms with E-state index in [2.05, 4.69) is 17.2 Å². The van der Waals surface area contributed by atoms with Crippen LogP contribution in [-0.2, 0) is 14.3 Å². The summed E-state index contributed by atoms with van der Waals surface area (Å²) in [4.78, 5) is 16.9. The first-order valence-electron chi connectivity index (χ1n) is 9.00. The molecule has 0 aromatic carbocycles. The minimum Gasteiger partial charge on any atom is -0.475 e. The van der Waals surface area contributed by atoms with Crippen molar-refractivity contribution in [2.75, 3.05) is 32.2 Å². The van der Waals surface area contributed by atoms with Gasteiger partial charge in [-0.3, -0.25) is 4.79 Å². The summed E-state index contributed by atoms with van der Waals surface area (Å²) in [5.74, 6) is 0.396. The van der Waals surface area contributed by atoms with Gasteiger partial charge in [0.15, 0.2) is 0 Å². The molecule has 1 aromatic heterocycles. The predicted molar refractivity (Wildman–Crippen MR) is 99.1 cm³/mol. The normalized spacial score (nSPS) is 13.3. The van der Waals surface area contributed by atoms with Crippen LogP contribution in [0.4, 0.5) is 5.69 Å². The molecule has 0 saturated heterocycles. The summed E-state index contributed by atoms with van der Waals surface area (Å²) in [7, 11) is 1.57. The van der Waals surface area contributed by atoms with E-state index in [1.54, 1.807) is 13.3 Å². The van der Waals surface area contributed by atoms with Crippen LogP contribution in [0.3, 0.4) is 0 Å². The first kappa shape index (κ1) is 21.4. The van der Waals surface area contributed by atoms with Gasteiger partial charge < -0.3 is 19.5 Å². The third kappa shape index (κ3) is 7.00. The van der Waals surface area contributed by atoms with Crippen molar-refractivity contribution < 1.29 is 19.0 Å². The molecular weight excluding hydrogens is 320 g/mol. The van der Waals surface area contributed by atoms with Crippen molar-refractivity contribution in [2.24, 2.45) is 0 Å². The summed E-state index contributed by atoms with van der Waals surface area (Å²) in [5, 5.41) is 2.90. The number of unbranched alkanes of at least 4 members (excludes halogenated alkanes) is 2. The SMILES string of the molecule is CCCCCC(C)(OC)C(=O)Nc1cnc(OCCOCC)c(C)c1. The Balaban J connectivity index is 2.65. The van der Waals surface area contributed by atoms with Gasteiger partial charge in [0.25, 0.3) is 5.91 Å². The summed E-state index contributed by atoms with van der Waals surface area (Å²) in [6.45, 7) is 9.44. The van der Waals surface area contributed by atoms with Gasteiger partial charge >= 0.3 is 0 Å². The molecule has 1 amide bonds. The maximum atomic E-state index is 12.6. The Morgan fingerprint density at radius 2 is 2.04 bits per heavy atom. The number of methoxy groups -OCH3 is 1. The van der Waals surface area contributed by atoms with Crippen LogP contribution in [0.25, 0.3) is 0 Å². The summed E-state index contributed by atoms with van der Waals surface area (Å²) in [6, 6.07) is 1.85. The van der Waals surface area contributed by atoms with Crippen molar-refractivity contribution in [3.63, 3.8) is 0 Å². The Morgan fingerprint density at radius 3 is 2.64 bits per heavy atom. The molecule has 6 nitrogen and oxygen atoms in total. The van der Waals surface area contributed by atoms with Crippen molar-refractivity contribution in [1.29, 1.82) is 0 Å². The van der Waals surface area contributed by atoms with Crippen molar-refractivity contribution in [2.45, 2.75) is 59.0 Å². The number of anilines is 1. The number of pyridine rings is 1. The fourth-order valence-corrected chi connectivity index (χ4v) is 2.41. The lowest BCUT2D eigenvalue weighted by atomic mass is 9.97. The predicted octanol–water partition coefficient (Wildman–Crippen LogP) is 3.73. The first-order chi connectivity index (χ1) is 12.0. The van der Waals surface area contributed by atoms with Gasteiger partial charge in [-0.2, -0.15) is 0 Å². The van der Waals surface area contributed by atoms with Crippen molar-refractivity contribution in [3.05, 3.63) is 17.8 Å². The fraction of sp³-hybridized carbons (Fsp3) is 0.684. The largest absolute Gasteiger partial charge is 0.475 e. The van der Waals surface area contributed by atoms with Gasteiger partial charge in [0.05, 0.1) is 18.5 Å². The van der Waals surface area contributed by atoms with E-state index < -0.39 is 5.60 Å². The molecule has 1 aromatic rings. The second-order valence-electron chi connectivity index (χ2n) is 6.24. The lowest BCUT2D eigenvalue weighted by Gasteiger charge is -2.27. The number of aromatic nitrogens is 1. The number of carbonyl (C=O) groups is 1. The number of carbonyl (C=O) groups excluding carboxylic acids is 1. The van der Waals surface area contributed by atoms with Crippen LogP contribution in [0.15, 0.2) is 12.3 Å². The first-order valence-corrected chi connectivity index (χ1v) is 9.00. The van der Waals surface area contributed by atoms with Gasteiger partial charge in [0.2, 0.25) is 5.88 Å². The molecule has 1 atom stereocenters. The van der Waals surface area contributed by atoms with Crippen LogP contribution in [-0.4, -0.2) is 43.4 Å². The lowest BCUT2D eigenvalue weighted by molar-refractivity contribution is -0.136. The fourth-order valence-electron chi connectivity index (χ4n) is 2.41. The lowest BCUT2D eigenvalue weighted by Crippen LogP contribution is -2.42. The molecule has 1 unspecified atom stereocenters. The van der Waals surface area contributed by atoms with Crippen molar-refractivity contribution in [3.8, 4) is 5.88 Å². The number of aryl methyl sites for hydroxylation is 1. The van der Waals surface area contributed by atoms with E-state index in [1.807, 2.05) is 26.8 Å². The summed E-state index contributed by atoms with van der Waals surface area (Å²) >= 11 is 0. The van der Waals surface area contributed by atoms with Gasteiger partial charge in [-0.25, -0.2) is 4.98 Å². The molecule has 0 spiro atoms. The molecule has 142 valence electrons. The van der Waals surface area contributed by atoms with E-state index in [4.69, 9.17) is 14.2 Å². The number of nitrogens with one attached hydrogen (secondary N) is 1. The zero-order valence-corrected chi connectivity index (χ0v) is 16.2. The Hall–Kier alpha value is -1.66. The highest BCUT2D eigenvalue weighted by Gasteiger charge is 2.32. The molecule has 1 N–H and O–H groups in total. The third-order valence-electron chi connectivity index (χ3n) is 4.15. The van der Waals surface area contributed by atoms with E-state index in [0.717, 1.165) is 24.8 Å². The number of amides is 1. The molecule has 0 saturated carbocycles. The molecule has 1 heterocycles. The van der Waals surface area contributed by atoms with E-state index in [-0.39, 0.29) is 5.91 Å². The number of hydrogen-bond acceptors (Lipinski definition) is 5. The smallest absolute Gasteiger partial charge is 0.256 e. The Kier molecular flexibility index (Phi) is 9.45. The molecule has 0 bridgehead atoms. The van der Waals surface area contributed by atoms with Gasteiger partial charge in [0, 0.05) is 19.3 Å².